The number of carbonyl (C=O) groups excluding carboxylic acids is 3. The molecule has 2 aromatic rings. The van der Waals surface area contributed by atoms with Crippen LogP contribution in [-0.4, -0.2) is 41.0 Å². The van der Waals surface area contributed by atoms with Gasteiger partial charge in [0.05, 0.1) is 12.3 Å². The average Bonchev–Trinajstić information content (AvgIpc) is 2.94. The van der Waals surface area contributed by atoms with Gasteiger partial charge in [-0.2, -0.15) is 0 Å². The minimum Gasteiger partial charge on any atom is -0.504 e. The Balaban J connectivity index is 1.72. The van der Waals surface area contributed by atoms with Crippen molar-refractivity contribution in [2.45, 2.75) is 6.92 Å². The fourth-order valence-electron chi connectivity index (χ4n) is 2.67. The normalized spacial score (nSPS) is 14.8. The number of amides is 4. The fourth-order valence-corrected chi connectivity index (χ4v) is 2.67. The van der Waals surface area contributed by atoms with Crippen LogP contribution in [0.2, 0.25) is 0 Å². The predicted molar refractivity (Wildman–Crippen MR) is 103 cm³/mol. The zero-order valence-electron chi connectivity index (χ0n) is 15.4. The van der Waals surface area contributed by atoms with Crippen molar-refractivity contribution < 1.29 is 28.6 Å². The summed E-state index contributed by atoms with van der Waals surface area (Å²) < 4.78 is 18.9. The molecule has 150 valence electrons. The third-order valence-electron chi connectivity index (χ3n) is 4.01. The zero-order valence-corrected chi connectivity index (χ0v) is 15.4. The first-order chi connectivity index (χ1) is 13.9. The molecule has 29 heavy (non-hydrogen) atoms. The molecule has 2 aromatic carbocycles. The third-order valence-corrected chi connectivity index (χ3v) is 4.01. The Morgan fingerprint density at radius 1 is 1.28 bits per heavy atom. The summed E-state index contributed by atoms with van der Waals surface area (Å²) in [5, 5.41) is 14.4. The fraction of sp³-hybridized carbons (Fsp3) is 0.150. The van der Waals surface area contributed by atoms with Crippen molar-refractivity contribution in [1.82, 2.24) is 10.2 Å². The molecule has 0 bridgehead atoms. The number of nitrogens with one attached hydrogen (secondary N) is 2. The number of urea groups is 1. The average molecular weight is 399 g/mol. The van der Waals surface area contributed by atoms with Crippen LogP contribution in [0, 0.1) is 5.82 Å². The lowest BCUT2D eigenvalue weighted by Crippen LogP contribution is -2.38. The van der Waals surface area contributed by atoms with Gasteiger partial charge in [-0.3, -0.25) is 9.59 Å². The van der Waals surface area contributed by atoms with Crippen molar-refractivity contribution in [2.24, 2.45) is 0 Å². The lowest BCUT2D eigenvalue weighted by Gasteiger charge is -2.12. The summed E-state index contributed by atoms with van der Waals surface area (Å²) in [5.41, 5.74) is 0.419. The van der Waals surface area contributed by atoms with Crippen molar-refractivity contribution in [3.63, 3.8) is 0 Å². The van der Waals surface area contributed by atoms with Crippen LogP contribution in [0.25, 0.3) is 6.08 Å². The van der Waals surface area contributed by atoms with Crippen molar-refractivity contribution in [3.8, 4) is 11.5 Å². The number of nitrogens with zero attached hydrogens (tertiary/aromatic N) is 1. The SMILES string of the molecule is CCOc1cc(/C=C2/NC(=O)N(CC(=O)Nc3ccccc3F)C2=O)ccc1O. The van der Waals surface area contributed by atoms with Gasteiger partial charge < -0.3 is 20.5 Å². The van der Waals surface area contributed by atoms with E-state index in [-0.39, 0.29) is 22.9 Å². The van der Waals surface area contributed by atoms with Crippen LogP contribution in [0.15, 0.2) is 48.2 Å². The van der Waals surface area contributed by atoms with Crippen molar-refractivity contribution in [3.05, 3.63) is 59.5 Å². The van der Waals surface area contributed by atoms with E-state index >= 15 is 0 Å². The maximum Gasteiger partial charge on any atom is 0.329 e. The topological polar surface area (TPSA) is 108 Å². The number of halogens is 1. The van der Waals surface area contributed by atoms with Crippen molar-refractivity contribution in [1.29, 1.82) is 0 Å². The highest BCUT2D eigenvalue weighted by atomic mass is 19.1. The molecule has 0 spiro atoms. The molecule has 0 aliphatic carbocycles. The molecule has 9 heteroatoms. The van der Waals surface area contributed by atoms with Crippen LogP contribution in [0.4, 0.5) is 14.9 Å². The highest BCUT2D eigenvalue weighted by Gasteiger charge is 2.35. The smallest absolute Gasteiger partial charge is 0.329 e. The van der Waals surface area contributed by atoms with Crippen LogP contribution >= 0.6 is 0 Å². The highest BCUT2D eigenvalue weighted by Crippen LogP contribution is 2.28. The largest absolute Gasteiger partial charge is 0.504 e. The summed E-state index contributed by atoms with van der Waals surface area (Å²) in [5.74, 6) is -1.87. The number of anilines is 1. The summed E-state index contributed by atoms with van der Waals surface area (Å²) in [6.07, 6.45) is 1.40. The maximum atomic E-state index is 13.6. The highest BCUT2D eigenvalue weighted by molar-refractivity contribution is 6.15. The molecule has 1 saturated heterocycles. The number of para-hydroxylation sites is 1. The third kappa shape index (κ3) is 4.52. The van der Waals surface area contributed by atoms with E-state index < -0.39 is 30.2 Å². The number of phenolic OH excluding ortho intramolecular Hbond substituents is 1. The maximum absolute atomic E-state index is 13.6. The van der Waals surface area contributed by atoms with E-state index in [1.807, 2.05) is 0 Å². The number of hydrogen-bond acceptors (Lipinski definition) is 5. The second-order valence-electron chi connectivity index (χ2n) is 6.07. The summed E-state index contributed by atoms with van der Waals surface area (Å²) in [7, 11) is 0. The van der Waals surface area contributed by atoms with E-state index in [4.69, 9.17) is 4.74 Å². The number of imide groups is 1. The monoisotopic (exact) mass is 399 g/mol. The Kier molecular flexibility index (Phi) is 5.77. The molecule has 0 unspecified atom stereocenters. The van der Waals surface area contributed by atoms with Crippen LogP contribution < -0.4 is 15.4 Å². The first-order valence-electron chi connectivity index (χ1n) is 8.73. The van der Waals surface area contributed by atoms with Crippen LogP contribution in [-0.2, 0) is 9.59 Å². The molecule has 1 heterocycles. The van der Waals surface area contributed by atoms with Crippen LogP contribution in [0.1, 0.15) is 12.5 Å². The van der Waals surface area contributed by atoms with Gasteiger partial charge in [-0.1, -0.05) is 18.2 Å². The van der Waals surface area contributed by atoms with Gasteiger partial charge in [0.15, 0.2) is 11.5 Å². The molecule has 0 saturated carbocycles. The summed E-state index contributed by atoms with van der Waals surface area (Å²) in [6, 6.07) is 9.24. The number of phenols is 1. The molecule has 8 nitrogen and oxygen atoms in total. The Morgan fingerprint density at radius 3 is 2.76 bits per heavy atom. The lowest BCUT2D eigenvalue weighted by molar-refractivity contribution is -0.127. The number of benzene rings is 2. The van der Waals surface area contributed by atoms with Gasteiger partial charge >= 0.3 is 6.03 Å². The first-order valence-corrected chi connectivity index (χ1v) is 8.73. The standard InChI is InChI=1S/C20H18FN3O5/c1-2-29-17-10-12(7-8-16(17)25)9-15-19(27)24(20(28)23-15)11-18(26)22-14-6-4-3-5-13(14)21/h3-10,25H,2,11H2,1H3,(H,22,26)(H,23,28)/b15-9+. The molecular formula is C20H18FN3O5. The predicted octanol–water partition coefficient (Wildman–Crippen LogP) is 2.46. The molecule has 3 rings (SSSR count). The van der Waals surface area contributed by atoms with Crippen molar-refractivity contribution in [2.75, 3.05) is 18.5 Å². The molecule has 1 aliphatic heterocycles. The van der Waals surface area contributed by atoms with Gasteiger partial charge in [0, 0.05) is 0 Å². The number of carbonyl (C=O) groups is 3. The molecule has 0 atom stereocenters. The molecule has 1 aliphatic rings. The minimum atomic E-state index is -0.770. The second kappa shape index (κ2) is 8.42. The Bertz CT molecular complexity index is 1010. The molecule has 3 N–H and O–H groups in total. The molecule has 4 amide bonds. The van der Waals surface area contributed by atoms with E-state index in [0.29, 0.717) is 17.1 Å². The number of ether oxygens (including phenoxy) is 1. The number of hydrogen-bond donors (Lipinski definition) is 3. The van der Waals surface area contributed by atoms with Crippen molar-refractivity contribution >= 4 is 29.6 Å². The number of aromatic hydroxyl groups is 1. The summed E-state index contributed by atoms with van der Waals surface area (Å²) in [4.78, 5) is 37.4. The van der Waals surface area contributed by atoms with E-state index in [2.05, 4.69) is 10.6 Å². The van der Waals surface area contributed by atoms with Gasteiger partial charge in [0.2, 0.25) is 5.91 Å². The lowest BCUT2D eigenvalue weighted by atomic mass is 10.1. The molecule has 0 aromatic heterocycles. The summed E-state index contributed by atoms with van der Waals surface area (Å²) >= 11 is 0. The van der Waals surface area contributed by atoms with Gasteiger partial charge in [-0.15, -0.1) is 0 Å². The Morgan fingerprint density at radius 2 is 2.03 bits per heavy atom. The Labute approximate surface area is 165 Å². The quantitative estimate of drug-likeness (QED) is 0.511. The minimum absolute atomic E-state index is 0.0400. The molecular weight excluding hydrogens is 381 g/mol. The Hall–Kier alpha value is -3.88. The van der Waals surface area contributed by atoms with E-state index in [1.54, 1.807) is 13.0 Å². The first kappa shape index (κ1) is 19.9. The number of rotatable bonds is 6. The molecule has 0 radical (unpaired) electrons. The van der Waals surface area contributed by atoms with E-state index in [9.17, 15) is 23.9 Å². The van der Waals surface area contributed by atoms with E-state index in [1.165, 1.54) is 42.5 Å². The van der Waals surface area contributed by atoms with E-state index in [0.717, 1.165) is 0 Å². The summed E-state index contributed by atoms with van der Waals surface area (Å²) in [6.45, 7) is 1.53. The second-order valence-corrected chi connectivity index (χ2v) is 6.07. The van der Waals surface area contributed by atoms with Gasteiger partial charge in [-0.05, 0) is 42.8 Å². The van der Waals surface area contributed by atoms with Gasteiger partial charge in [0.25, 0.3) is 5.91 Å². The van der Waals surface area contributed by atoms with Gasteiger partial charge in [-0.25, -0.2) is 14.1 Å². The van der Waals surface area contributed by atoms with Crippen LogP contribution in [0.3, 0.4) is 0 Å². The molecule has 1 fully saturated rings. The van der Waals surface area contributed by atoms with Crippen LogP contribution in [0.5, 0.6) is 11.5 Å². The zero-order chi connectivity index (χ0) is 21.0. The van der Waals surface area contributed by atoms with Gasteiger partial charge in [0.1, 0.15) is 18.1 Å².